The van der Waals surface area contributed by atoms with Gasteiger partial charge in [-0.1, -0.05) is 78.6 Å². The zero-order valence-electron chi connectivity index (χ0n) is 33.0. The second-order valence-electron chi connectivity index (χ2n) is 13.2. The summed E-state index contributed by atoms with van der Waals surface area (Å²) in [6.45, 7) is 10.4. The van der Waals surface area contributed by atoms with Gasteiger partial charge in [-0.05, 0) is 85.3 Å². The highest BCUT2D eigenvalue weighted by Crippen LogP contribution is 2.45. The Hall–Kier alpha value is -1.70. The van der Waals surface area contributed by atoms with Gasteiger partial charge < -0.3 is 62.4 Å². The molecule has 14 heteroatoms. The van der Waals surface area contributed by atoms with Gasteiger partial charge in [0.1, 0.15) is 33.9 Å². The van der Waals surface area contributed by atoms with Gasteiger partial charge in [-0.15, -0.1) is 0 Å². The molecule has 0 fully saturated rings. The topological polar surface area (TPSA) is 102 Å². The first-order chi connectivity index (χ1) is 24.9. The van der Waals surface area contributed by atoms with E-state index in [-0.39, 0.29) is 48.2 Å². The largest absolute Gasteiger partial charge is 1.00 e. The minimum Gasteiger partial charge on any atom is -1.00 e. The molecule has 1 aromatic carbocycles. The highest BCUT2D eigenvalue weighted by atomic mass is 79.9. The number of ether oxygens (including phenoxy) is 3. The molecule has 316 valence electrons. The molecule has 3 aromatic heterocycles. The number of benzene rings is 1. The van der Waals surface area contributed by atoms with E-state index in [9.17, 15) is 0 Å². The van der Waals surface area contributed by atoms with Crippen molar-refractivity contribution in [2.75, 3.05) is 19.8 Å². The number of rotatable bonds is 24. The van der Waals surface area contributed by atoms with Crippen LogP contribution in [0.25, 0.3) is 0 Å². The Morgan fingerprint density at radius 3 is 0.929 bits per heavy atom. The van der Waals surface area contributed by atoms with Gasteiger partial charge in [-0.3, -0.25) is 0 Å². The van der Waals surface area contributed by atoms with E-state index in [4.69, 9.17) is 14.2 Å². The van der Waals surface area contributed by atoms with E-state index in [1.807, 2.05) is 0 Å². The molecule has 0 aliphatic carbocycles. The molecule has 0 unspecified atom stereocenters. The second-order valence-corrected chi connectivity index (χ2v) is 16.0. The van der Waals surface area contributed by atoms with E-state index in [1.54, 1.807) is 0 Å². The molecule has 0 aliphatic rings. The number of unbranched alkanes of at least 4 members (excludes halogenated alkanes) is 9. The molecule has 0 spiro atoms. The summed E-state index contributed by atoms with van der Waals surface area (Å²) in [7, 11) is 0. The lowest BCUT2D eigenvalue weighted by atomic mass is 9.98. The molecule has 0 saturated carbocycles. The zero-order chi connectivity index (χ0) is 36.3. The Balaban J connectivity index is 0. The summed E-state index contributed by atoms with van der Waals surface area (Å²) in [4.78, 5) is 0. The smallest absolute Gasteiger partial charge is 0.183 e. The molecule has 4 aromatic rings. The number of pyridine rings is 3. The van der Waals surface area contributed by atoms with Gasteiger partial charge >= 0.3 is 0 Å². The van der Waals surface area contributed by atoms with Gasteiger partial charge in [0.15, 0.2) is 56.8 Å². The van der Waals surface area contributed by atoms with Gasteiger partial charge in [0.05, 0.1) is 33.2 Å². The Kier molecular flexibility index (Phi) is 32.4. The third-order valence-electron chi connectivity index (χ3n) is 8.87. The number of hydrogen-bond acceptors (Lipinski definition) is 3. The van der Waals surface area contributed by atoms with E-state index in [2.05, 4.69) is 156 Å². The van der Waals surface area contributed by atoms with Crippen molar-refractivity contribution in [1.29, 1.82) is 0 Å². The monoisotopic (exact) mass is 1030 g/mol. The second kappa shape index (κ2) is 32.2. The lowest BCUT2D eigenvalue weighted by molar-refractivity contribution is -0.691. The van der Waals surface area contributed by atoms with E-state index in [1.165, 1.54) is 38.5 Å². The highest BCUT2D eigenvalue weighted by Gasteiger charge is 2.33. The Bertz CT molecular complexity index is 1450. The molecule has 56 heavy (non-hydrogen) atoms. The van der Waals surface area contributed by atoms with Crippen LogP contribution >= 0.6 is 47.8 Å². The fourth-order valence-electron chi connectivity index (χ4n) is 6.23. The molecule has 0 radical (unpaired) electrons. The first-order valence-corrected chi connectivity index (χ1v) is 21.3. The van der Waals surface area contributed by atoms with Gasteiger partial charge in [0, 0.05) is 18.2 Å². The molecule has 0 aliphatic heterocycles. The summed E-state index contributed by atoms with van der Waals surface area (Å²) in [5.74, 6) is 2.63. The summed E-state index contributed by atoms with van der Waals surface area (Å²) in [6.07, 6.45) is 26.3. The van der Waals surface area contributed by atoms with Crippen molar-refractivity contribution in [3.8, 4) is 17.2 Å². The lowest BCUT2D eigenvalue weighted by Gasteiger charge is -2.24. The van der Waals surface area contributed by atoms with Crippen molar-refractivity contribution < 1.29 is 76.1 Å². The van der Waals surface area contributed by atoms with Crippen LogP contribution in [0.1, 0.15) is 115 Å². The lowest BCUT2D eigenvalue weighted by Crippen LogP contribution is -3.00. The standard InChI is InChI=1S/C42H57Br3N3O3.3ClH.2H2O/c1-4-7-10-13-25-49-40-37(31-46-22-16-19-34(43)28-46)41(50-26-14-11-8-5-2)39(33-48-24-18-21-36(45)30-48)42(51-27-15-12-9-6-3)38(40)32-47-23-17-20-35(44)29-47;;;;;/h16-24,28-30H,4-15,25-27,31-33H2,1-3H3;3*1H;2*1H2/q+3;;;;;/p-3. The van der Waals surface area contributed by atoms with Crippen molar-refractivity contribution in [3.05, 3.63) is 104 Å². The maximum atomic E-state index is 6.99. The van der Waals surface area contributed by atoms with Crippen LogP contribution in [0.5, 0.6) is 17.2 Å². The number of aromatic nitrogens is 3. The Morgan fingerprint density at radius 1 is 0.429 bits per heavy atom. The molecule has 0 bridgehead atoms. The maximum Gasteiger partial charge on any atom is 0.183 e. The molecule has 8 nitrogen and oxygen atoms in total. The van der Waals surface area contributed by atoms with Crippen LogP contribution in [-0.4, -0.2) is 30.8 Å². The summed E-state index contributed by atoms with van der Waals surface area (Å²) >= 11 is 11.1. The van der Waals surface area contributed by atoms with E-state index in [0.29, 0.717) is 39.5 Å². The zero-order valence-corrected chi connectivity index (χ0v) is 40.0. The van der Waals surface area contributed by atoms with Gasteiger partial charge in [-0.25, -0.2) is 0 Å². The molecule has 4 rings (SSSR count). The first-order valence-electron chi connectivity index (χ1n) is 19.0. The highest BCUT2D eigenvalue weighted by molar-refractivity contribution is 9.11. The van der Waals surface area contributed by atoms with Crippen LogP contribution in [0, 0.1) is 0 Å². The third kappa shape index (κ3) is 18.9. The van der Waals surface area contributed by atoms with Crippen molar-refractivity contribution in [3.63, 3.8) is 0 Å². The third-order valence-corrected chi connectivity index (χ3v) is 10.3. The van der Waals surface area contributed by atoms with E-state index < -0.39 is 0 Å². The van der Waals surface area contributed by atoms with Crippen LogP contribution in [0.3, 0.4) is 0 Å². The van der Waals surface area contributed by atoms with Gasteiger partial charge in [0.25, 0.3) is 0 Å². The number of nitrogens with zero attached hydrogens (tertiary/aromatic N) is 3. The normalized spacial score (nSPS) is 10.2. The Morgan fingerprint density at radius 2 is 0.696 bits per heavy atom. The van der Waals surface area contributed by atoms with Crippen molar-refractivity contribution >= 4 is 47.8 Å². The summed E-state index contributed by atoms with van der Waals surface area (Å²) < 4.78 is 30.7. The average molecular weight is 1030 g/mol. The summed E-state index contributed by atoms with van der Waals surface area (Å²) in [5, 5.41) is 0. The fourth-order valence-corrected chi connectivity index (χ4v) is 7.48. The van der Waals surface area contributed by atoms with E-state index in [0.717, 1.165) is 85.9 Å². The maximum absolute atomic E-state index is 6.99. The predicted molar refractivity (Wildman–Crippen MR) is 223 cm³/mol. The van der Waals surface area contributed by atoms with Crippen LogP contribution < -0.4 is 65.1 Å². The van der Waals surface area contributed by atoms with Crippen LogP contribution in [0.15, 0.2) is 87.0 Å². The minimum atomic E-state index is 0. The van der Waals surface area contributed by atoms with Crippen molar-refractivity contribution in [2.24, 2.45) is 0 Å². The average Bonchev–Trinajstić information content (AvgIpc) is 3.11. The van der Waals surface area contributed by atoms with Gasteiger partial charge in [0.2, 0.25) is 0 Å². The fraction of sp³-hybridized carbons (Fsp3) is 0.500. The molecule has 0 atom stereocenters. The molecule has 0 saturated heterocycles. The van der Waals surface area contributed by atoms with Gasteiger partial charge in [-0.2, -0.15) is 13.7 Å². The molecular formula is C42H61Br3Cl3N3O5. The quantitative estimate of drug-likeness (QED) is 0.0743. The molecule has 3 heterocycles. The first kappa shape index (κ1) is 56.4. The van der Waals surface area contributed by atoms with Crippen molar-refractivity contribution in [1.82, 2.24) is 0 Å². The predicted octanol–water partition coefficient (Wildman–Crippen LogP) is 0.221. The summed E-state index contributed by atoms with van der Waals surface area (Å²) in [5.41, 5.74) is 3.16. The van der Waals surface area contributed by atoms with E-state index >= 15 is 0 Å². The number of halogens is 6. The molecule has 0 amide bonds. The van der Waals surface area contributed by atoms with Crippen molar-refractivity contribution in [2.45, 2.75) is 117 Å². The van der Waals surface area contributed by atoms with Crippen LogP contribution in [0.4, 0.5) is 0 Å². The number of hydrogen-bond donors (Lipinski definition) is 0. The van der Waals surface area contributed by atoms with Crippen LogP contribution in [-0.2, 0) is 19.6 Å². The SMILES string of the molecule is CCCCCCOc1c(C[n+]2cccc(Br)c2)c(OCCCCCC)c(C[n+]2cccc(Br)c2)c(OCCCCCC)c1C[n+]1cccc(Br)c1.O.O.[Cl-].[Cl-].[Cl-]. The Labute approximate surface area is 379 Å². The molecule has 4 N–H and O–H groups in total. The molecular weight excluding hydrogens is 973 g/mol. The van der Waals surface area contributed by atoms with Crippen LogP contribution in [0.2, 0.25) is 0 Å². The minimum absolute atomic E-state index is 0. The summed E-state index contributed by atoms with van der Waals surface area (Å²) in [6, 6.07) is 12.4.